The molecule has 0 N–H and O–H groups in total. The van der Waals surface area contributed by atoms with Gasteiger partial charge in [0.1, 0.15) is 0 Å². The molecule has 27 heavy (non-hydrogen) atoms. The fourth-order valence-electron chi connectivity index (χ4n) is 4.35. The zero-order valence-electron chi connectivity index (χ0n) is 15.3. The number of rotatable bonds is 3. The first-order valence-electron chi connectivity index (χ1n) is 9.71. The summed E-state index contributed by atoms with van der Waals surface area (Å²) in [6.07, 6.45) is -1.45. The van der Waals surface area contributed by atoms with Gasteiger partial charge in [-0.3, -0.25) is 9.69 Å². The summed E-state index contributed by atoms with van der Waals surface area (Å²) in [5, 5.41) is 0. The van der Waals surface area contributed by atoms with Crippen molar-refractivity contribution in [2.45, 2.75) is 37.4 Å². The van der Waals surface area contributed by atoms with Crippen molar-refractivity contribution < 1.29 is 22.7 Å². The number of piperazine rings is 1. The summed E-state index contributed by atoms with van der Waals surface area (Å²) in [6, 6.07) is 5.83. The van der Waals surface area contributed by atoms with Gasteiger partial charge in [0.2, 0.25) is 5.91 Å². The molecule has 2 saturated heterocycles. The Bertz CT molecular complexity index is 663. The molecule has 0 spiro atoms. The van der Waals surface area contributed by atoms with Crippen LogP contribution in [0.3, 0.4) is 0 Å². The van der Waals surface area contributed by atoms with E-state index in [9.17, 15) is 18.0 Å². The largest absolute Gasteiger partial charge is 0.416 e. The van der Waals surface area contributed by atoms with Crippen LogP contribution in [0.4, 0.5) is 13.2 Å². The number of halogens is 3. The lowest BCUT2D eigenvalue weighted by Crippen LogP contribution is -2.53. The summed E-state index contributed by atoms with van der Waals surface area (Å²) in [6.45, 7) is 4.92. The second-order valence-corrected chi connectivity index (χ2v) is 7.77. The van der Waals surface area contributed by atoms with Crippen LogP contribution in [-0.4, -0.2) is 61.1 Å². The number of amides is 1. The number of carbonyl (C=O) groups is 1. The molecule has 148 valence electrons. The van der Waals surface area contributed by atoms with Gasteiger partial charge in [0.25, 0.3) is 0 Å². The Morgan fingerprint density at radius 2 is 1.63 bits per heavy atom. The number of alkyl halides is 3. The van der Waals surface area contributed by atoms with Gasteiger partial charge in [-0.25, -0.2) is 0 Å². The van der Waals surface area contributed by atoms with Gasteiger partial charge in [0.05, 0.1) is 5.56 Å². The number of ether oxygens (including phenoxy) is 1. The topological polar surface area (TPSA) is 32.8 Å². The highest BCUT2D eigenvalue weighted by atomic mass is 19.4. The van der Waals surface area contributed by atoms with Crippen LogP contribution in [0.15, 0.2) is 24.3 Å². The fraction of sp³-hybridized carbons (Fsp3) is 0.650. The first-order valence-corrected chi connectivity index (χ1v) is 9.71. The first kappa shape index (κ1) is 18.7. The molecular weight excluding hydrogens is 357 g/mol. The highest BCUT2D eigenvalue weighted by Gasteiger charge is 2.46. The molecule has 2 aliphatic heterocycles. The smallest absolute Gasteiger partial charge is 0.381 e. The van der Waals surface area contributed by atoms with Gasteiger partial charge in [0, 0.05) is 51.4 Å². The van der Waals surface area contributed by atoms with Crippen molar-refractivity contribution in [1.29, 1.82) is 0 Å². The molecule has 1 aliphatic carbocycles. The molecule has 1 aromatic carbocycles. The van der Waals surface area contributed by atoms with Gasteiger partial charge in [0.15, 0.2) is 0 Å². The number of carbonyl (C=O) groups excluding carboxylic acids is 1. The van der Waals surface area contributed by atoms with Crippen molar-refractivity contribution in [2.75, 3.05) is 39.4 Å². The lowest BCUT2D eigenvalue weighted by Gasteiger charge is -2.40. The van der Waals surface area contributed by atoms with Crippen LogP contribution in [0.5, 0.6) is 0 Å². The third-order valence-corrected chi connectivity index (χ3v) is 6.11. The number of benzene rings is 1. The van der Waals surface area contributed by atoms with Crippen LogP contribution in [0.25, 0.3) is 0 Å². The molecule has 1 unspecified atom stereocenters. The first-order chi connectivity index (χ1) is 12.9. The Kier molecular flexibility index (Phi) is 5.16. The monoisotopic (exact) mass is 382 g/mol. The number of hydrogen-bond donors (Lipinski definition) is 0. The molecule has 0 aromatic heterocycles. The molecule has 7 heteroatoms. The zero-order valence-corrected chi connectivity index (χ0v) is 15.3. The van der Waals surface area contributed by atoms with E-state index in [4.69, 9.17) is 4.74 Å². The maximum atomic E-state index is 12.8. The molecule has 4 nitrogen and oxygen atoms in total. The van der Waals surface area contributed by atoms with Crippen LogP contribution in [-0.2, 0) is 15.7 Å². The molecule has 4 rings (SSSR count). The summed E-state index contributed by atoms with van der Waals surface area (Å²) in [4.78, 5) is 17.2. The number of nitrogens with zero attached hydrogens (tertiary/aromatic N) is 2. The molecule has 3 aliphatic rings. The molecule has 3 fully saturated rings. The third kappa shape index (κ3) is 4.14. The minimum atomic E-state index is -4.32. The van der Waals surface area contributed by atoms with E-state index in [0.717, 1.165) is 76.4 Å². The molecule has 2 atom stereocenters. The van der Waals surface area contributed by atoms with E-state index < -0.39 is 11.7 Å². The van der Waals surface area contributed by atoms with E-state index in [2.05, 4.69) is 4.90 Å². The minimum absolute atomic E-state index is 0.0632. The summed E-state index contributed by atoms with van der Waals surface area (Å²) in [5.74, 6) is 0.149. The average molecular weight is 382 g/mol. The van der Waals surface area contributed by atoms with E-state index in [0.29, 0.717) is 6.04 Å². The molecule has 1 saturated carbocycles. The van der Waals surface area contributed by atoms with E-state index in [1.54, 1.807) is 0 Å². The Morgan fingerprint density at radius 3 is 2.22 bits per heavy atom. The number of hydrogen-bond acceptors (Lipinski definition) is 3. The van der Waals surface area contributed by atoms with Gasteiger partial charge >= 0.3 is 6.18 Å². The van der Waals surface area contributed by atoms with Gasteiger partial charge < -0.3 is 9.64 Å². The average Bonchev–Trinajstić information content (AvgIpc) is 3.49. The Morgan fingerprint density at radius 1 is 1.00 bits per heavy atom. The van der Waals surface area contributed by atoms with Crippen molar-refractivity contribution in [2.24, 2.45) is 5.92 Å². The predicted octanol–water partition coefficient (Wildman–Crippen LogP) is 3.13. The second kappa shape index (κ2) is 7.43. The van der Waals surface area contributed by atoms with E-state index >= 15 is 0 Å². The highest BCUT2D eigenvalue weighted by molar-refractivity contribution is 5.83. The van der Waals surface area contributed by atoms with Crippen LogP contribution in [0.1, 0.15) is 36.3 Å². The molecule has 1 amide bonds. The summed E-state index contributed by atoms with van der Waals surface area (Å²) < 4.78 is 43.5. The van der Waals surface area contributed by atoms with Crippen molar-refractivity contribution in [3.05, 3.63) is 35.4 Å². The summed E-state index contributed by atoms with van der Waals surface area (Å²) >= 11 is 0. The van der Waals surface area contributed by atoms with Gasteiger partial charge in [-0.15, -0.1) is 0 Å². The predicted molar refractivity (Wildman–Crippen MR) is 94.3 cm³/mol. The minimum Gasteiger partial charge on any atom is -0.381 e. The quantitative estimate of drug-likeness (QED) is 0.805. The van der Waals surface area contributed by atoms with Crippen molar-refractivity contribution in [3.63, 3.8) is 0 Å². The molecule has 0 radical (unpaired) electrons. The normalized spacial score (nSPS) is 27.6. The van der Waals surface area contributed by atoms with Gasteiger partial charge in [-0.2, -0.15) is 13.2 Å². The summed E-state index contributed by atoms with van der Waals surface area (Å²) in [5.41, 5.74) is 0.196. The lowest BCUT2D eigenvalue weighted by atomic mass is 10.0. The maximum absolute atomic E-state index is 12.8. The lowest BCUT2D eigenvalue weighted by molar-refractivity contribution is -0.137. The molecule has 0 bridgehead atoms. The Hall–Kier alpha value is -1.60. The maximum Gasteiger partial charge on any atom is 0.416 e. The van der Waals surface area contributed by atoms with Crippen molar-refractivity contribution >= 4 is 5.91 Å². The van der Waals surface area contributed by atoms with E-state index in [1.165, 1.54) is 12.1 Å². The molecule has 2 heterocycles. The Labute approximate surface area is 157 Å². The van der Waals surface area contributed by atoms with Crippen molar-refractivity contribution in [1.82, 2.24) is 9.80 Å². The fourth-order valence-corrected chi connectivity index (χ4v) is 4.35. The van der Waals surface area contributed by atoms with Gasteiger partial charge in [-0.1, -0.05) is 12.1 Å². The van der Waals surface area contributed by atoms with E-state index in [-0.39, 0.29) is 17.7 Å². The third-order valence-electron chi connectivity index (χ3n) is 6.11. The second-order valence-electron chi connectivity index (χ2n) is 7.77. The zero-order chi connectivity index (χ0) is 19.0. The molecule has 1 aromatic rings. The standard InChI is InChI=1S/C20H25F3N2O2/c21-20(22,23)15-3-1-14(2-4-15)17-13-18(17)19(26)25-9-7-24(8-10-25)16-5-11-27-12-6-16/h1-4,16-18H,5-13H2/t17-,18?/m0/s1. The molecular formula is C20H25F3N2O2. The van der Waals surface area contributed by atoms with Crippen LogP contribution >= 0.6 is 0 Å². The van der Waals surface area contributed by atoms with E-state index in [1.807, 2.05) is 4.90 Å². The Balaban J connectivity index is 1.29. The summed E-state index contributed by atoms with van der Waals surface area (Å²) in [7, 11) is 0. The highest BCUT2D eigenvalue weighted by Crippen LogP contribution is 2.49. The van der Waals surface area contributed by atoms with Crippen LogP contribution in [0, 0.1) is 5.92 Å². The van der Waals surface area contributed by atoms with Crippen LogP contribution < -0.4 is 0 Å². The SMILES string of the molecule is O=C(C1C[C@H]1c1ccc(C(F)(F)F)cc1)N1CCN(C2CCOCC2)CC1. The van der Waals surface area contributed by atoms with Crippen LogP contribution in [0.2, 0.25) is 0 Å². The van der Waals surface area contributed by atoms with Gasteiger partial charge in [-0.05, 0) is 42.9 Å². The van der Waals surface area contributed by atoms with Crippen molar-refractivity contribution in [3.8, 4) is 0 Å².